The highest BCUT2D eigenvalue weighted by molar-refractivity contribution is 8.04. The molecule has 3 atom stereocenters. The van der Waals surface area contributed by atoms with E-state index >= 15 is 0 Å². The predicted molar refractivity (Wildman–Crippen MR) is 119 cm³/mol. The van der Waals surface area contributed by atoms with Gasteiger partial charge in [-0.2, -0.15) is 0 Å². The molecule has 2 N–H and O–H groups in total. The zero-order valence-electron chi connectivity index (χ0n) is 16.9. The average Bonchev–Trinajstić information content (AvgIpc) is 2.69. The standard InChI is InChI=1S/C22H29ClN2O3S/c1-14(2)28-11-5-10-24-21(26)16-8-9-19-18(12-16)25-22(27)20(29-19)13-15-6-3-4-7-17(15)23/h3-4,6-7,13-14,16,18-19H,5,8-12H2,1-2H3,(H,24,26)(H,25,27)/b20-13+. The van der Waals surface area contributed by atoms with Crippen LogP contribution in [-0.2, 0) is 14.3 Å². The number of benzene rings is 1. The van der Waals surface area contributed by atoms with Crippen LogP contribution in [0.2, 0.25) is 5.02 Å². The van der Waals surface area contributed by atoms with Gasteiger partial charge in [-0.25, -0.2) is 0 Å². The van der Waals surface area contributed by atoms with Crippen molar-refractivity contribution in [3.63, 3.8) is 0 Å². The largest absolute Gasteiger partial charge is 0.379 e. The summed E-state index contributed by atoms with van der Waals surface area (Å²) in [5, 5.41) is 7.06. The number of carbonyl (C=O) groups excluding carboxylic acids is 2. The van der Waals surface area contributed by atoms with Crippen molar-refractivity contribution >= 4 is 41.3 Å². The first-order chi connectivity index (χ1) is 13.9. The third kappa shape index (κ3) is 6.24. The molecule has 1 heterocycles. The Bertz CT molecular complexity index is 768. The van der Waals surface area contributed by atoms with Gasteiger partial charge in [-0.15, -0.1) is 11.8 Å². The lowest BCUT2D eigenvalue weighted by Crippen LogP contribution is -2.51. The van der Waals surface area contributed by atoms with Crippen LogP contribution < -0.4 is 10.6 Å². The number of thioether (sulfide) groups is 1. The minimum Gasteiger partial charge on any atom is -0.379 e. The molecular weight excluding hydrogens is 408 g/mol. The fourth-order valence-electron chi connectivity index (χ4n) is 3.71. The van der Waals surface area contributed by atoms with Gasteiger partial charge >= 0.3 is 0 Å². The summed E-state index contributed by atoms with van der Waals surface area (Å²) in [6.07, 6.45) is 5.33. The normalized spacial score (nSPS) is 25.6. The molecular formula is C22H29ClN2O3S. The quantitative estimate of drug-likeness (QED) is 0.500. The zero-order chi connectivity index (χ0) is 20.8. The highest BCUT2D eigenvalue weighted by Gasteiger charge is 2.39. The van der Waals surface area contributed by atoms with Crippen LogP contribution in [0.5, 0.6) is 0 Å². The Hall–Kier alpha value is -1.50. The molecule has 0 bridgehead atoms. The van der Waals surface area contributed by atoms with Gasteiger partial charge < -0.3 is 15.4 Å². The van der Waals surface area contributed by atoms with Crippen molar-refractivity contribution in [2.45, 2.75) is 56.9 Å². The molecule has 1 aromatic carbocycles. The van der Waals surface area contributed by atoms with Crippen molar-refractivity contribution in [1.29, 1.82) is 0 Å². The van der Waals surface area contributed by atoms with E-state index in [-0.39, 0.29) is 29.9 Å². The van der Waals surface area contributed by atoms with E-state index < -0.39 is 0 Å². The molecule has 29 heavy (non-hydrogen) atoms. The smallest absolute Gasteiger partial charge is 0.257 e. The van der Waals surface area contributed by atoms with Gasteiger partial charge in [0, 0.05) is 35.4 Å². The number of halogens is 1. The molecule has 7 heteroatoms. The summed E-state index contributed by atoms with van der Waals surface area (Å²) in [5.74, 6) is -0.0371. The van der Waals surface area contributed by atoms with Gasteiger partial charge in [-0.05, 0) is 57.2 Å². The molecule has 1 aliphatic heterocycles. The third-order valence-electron chi connectivity index (χ3n) is 5.24. The van der Waals surface area contributed by atoms with E-state index in [2.05, 4.69) is 10.6 Å². The van der Waals surface area contributed by atoms with E-state index in [1.165, 1.54) is 0 Å². The van der Waals surface area contributed by atoms with Crippen molar-refractivity contribution in [3.05, 3.63) is 39.8 Å². The van der Waals surface area contributed by atoms with Crippen LogP contribution in [0.1, 0.15) is 45.1 Å². The summed E-state index contributed by atoms with van der Waals surface area (Å²) < 4.78 is 5.50. The van der Waals surface area contributed by atoms with Crippen molar-refractivity contribution in [3.8, 4) is 0 Å². The molecule has 0 aromatic heterocycles. The number of hydrogen-bond acceptors (Lipinski definition) is 4. The van der Waals surface area contributed by atoms with E-state index in [1.54, 1.807) is 11.8 Å². The number of nitrogens with one attached hydrogen (secondary N) is 2. The molecule has 0 spiro atoms. The summed E-state index contributed by atoms with van der Waals surface area (Å²) in [4.78, 5) is 25.8. The number of carbonyl (C=O) groups is 2. The van der Waals surface area contributed by atoms with Gasteiger partial charge in [0.15, 0.2) is 0 Å². The Balaban J connectivity index is 1.51. The van der Waals surface area contributed by atoms with Crippen molar-refractivity contribution in [2.24, 2.45) is 5.92 Å². The fourth-order valence-corrected chi connectivity index (χ4v) is 5.18. The number of ether oxygens (including phenoxy) is 1. The van der Waals surface area contributed by atoms with Crippen LogP contribution in [-0.4, -0.2) is 42.4 Å². The number of hydrogen-bond donors (Lipinski definition) is 2. The second-order valence-electron chi connectivity index (χ2n) is 7.84. The lowest BCUT2D eigenvalue weighted by Gasteiger charge is -2.39. The Morgan fingerprint density at radius 1 is 1.38 bits per heavy atom. The molecule has 1 aliphatic carbocycles. The van der Waals surface area contributed by atoms with Crippen LogP contribution >= 0.6 is 23.4 Å². The van der Waals surface area contributed by atoms with Gasteiger partial charge in [0.2, 0.25) is 5.91 Å². The molecule has 1 saturated carbocycles. The highest BCUT2D eigenvalue weighted by atomic mass is 35.5. The van der Waals surface area contributed by atoms with E-state index in [4.69, 9.17) is 16.3 Å². The van der Waals surface area contributed by atoms with Gasteiger partial charge in [-0.3, -0.25) is 9.59 Å². The summed E-state index contributed by atoms with van der Waals surface area (Å²) in [5.41, 5.74) is 0.847. The maximum atomic E-state index is 12.6. The lowest BCUT2D eigenvalue weighted by molar-refractivity contribution is -0.127. The second kappa shape index (κ2) is 10.5. The molecule has 3 unspecified atom stereocenters. The van der Waals surface area contributed by atoms with Gasteiger partial charge in [0.05, 0.1) is 11.0 Å². The second-order valence-corrected chi connectivity index (χ2v) is 9.53. The van der Waals surface area contributed by atoms with E-state index in [1.807, 2.05) is 44.2 Å². The van der Waals surface area contributed by atoms with Crippen molar-refractivity contribution < 1.29 is 14.3 Å². The van der Waals surface area contributed by atoms with E-state index in [0.29, 0.717) is 34.8 Å². The Kier molecular flexibility index (Phi) is 8.04. The zero-order valence-corrected chi connectivity index (χ0v) is 18.5. The first kappa shape index (κ1) is 22.2. The summed E-state index contributed by atoms with van der Waals surface area (Å²) >= 11 is 7.83. The topological polar surface area (TPSA) is 67.4 Å². The van der Waals surface area contributed by atoms with E-state index in [0.717, 1.165) is 24.8 Å². The lowest BCUT2D eigenvalue weighted by atomic mass is 9.84. The average molecular weight is 437 g/mol. The molecule has 2 aliphatic rings. The fraction of sp³-hybridized carbons (Fsp3) is 0.545. The minimum atomic E-state index is -0.0805. The summed E-state index contributed by atoms with van der Waals surface area (Å²) in [6, 6.07) is 7.54. The molecule has 0 radical (unpaired) electrons. The summed E-state index contributed by atoms with van der Waals surface area (Å²) in [6.45, 7) is 5.29. The number of rotatable bonds is 7. The SMILES string of the molecule is CC(C)OCCCNC(=O)C1CCC2S/C(=C/c3ccccc3Cl)C(=O)NC2C1. The Labute approximate surface area is 182 Å². The number of fused-ring (bicyclic) bond motifs is 1. The monoisotopic (exact) mass is 436 g/mol. The van der Waals surface area contributed by atoms with Crippen molar-refractivity contribution in [2.75, 3.05) is 13.2 Å². The summed E-state index contributed by atoms with van der Waals surface area (Å²) in [7, 11) is 0. The van der Waals surface area contributed by atoms with Crippen LogP contribution in [0.3, 0.4) is 0 Å². The molecule has 2 amide bonds. The highest BCUT2D eigenvalue weighted by Crippen LogP contribution is 2.40. The molecule has 2 fully saturated rings. The Morgan fingerprint density at radius 3 is 2.93 bits per heavy atom. The van der Waals surface area contributed by atoms with Gasteiger partial charge in [0.1, 0.15) is 0 Å². The van der Waals surface area contributed by atoms with Crippen LogP contribution in [0, 0.1) is 5.92 Å². The van der Waals surface area contributed by atoms with Crippen LogP contribution in [0.4, 0.5) is 0 Å². The maximum absolute atomic E-state index is 12.6. The number of amides is 2. The van der Waals surface area contributed by atoms with Crippen LogP contribution in [0.15, 0.2) is 29.2 Å². The van der Waals surface area contributed by atoms with Crippen LogP contribution in [0.25, 0.3) is 6.08 Å². The first-order valence-corrected chi connectivity index (χ1v) is 11.5. The molecule has 1 aromatic rings. The minimum absolute atomic E-state index is 0.0321. The maximum Gasteiger partial charge on any atom is 0.257 e. The predicted octanol–water partition coefficient (Wildman–Crippen LogP) is 4.01. The van der Waals surface area contributed by atoms with Crippen molar-refractivity contribution in [1.82, 2.24) is 10.6 Å². The first-order valence-electron chi connectivity index (χ1n) is 10.3. The molecule has 158 valence electrons. The molecule has 1 saturated heterocycles. The van der Waals surface area contributed by atoms with E-state index in [9.17, 15) is 9.59 Å². The van der Waals surface area contributed by atoms with Gasteiger partial charge in [-0.1, -0.05) is 29.8 Å². The van der Waals surface area contributed by atoms with Gasteiger partial charge in [0.25, 0.3) is 5.91 Å². The third-order valence-corrected chi connectivity index (χ3v) is 7.01. The molecule has 5 nitrogen and oxygen atoms in total. The Morgan fingerprint density at radius 2 is 2.17 bits per heavy atom. The molecule has 3 rings (SSSR count).